The van der Waals surface area contributed by atoms with Crippen LogP contribution in [0.1, 0.15) is 45.4 Å². The minimum absolute atomic E-state index is 0.173. The van der Waals surface area contributed by atoms with E-state index in [1.807, 2.05) is 34.1 Å². The first-order valence-electron chi connectivity index (χ1n) is 13.3. The van der Waals surface area contributed by atoms with Crippen molar-refractivity contribution in [2.45, 2.75) is 45.4 Å². The van der Waals surface area contributed by atoms with Gasteiger partial charge in [0, 0.05) is 69.2 Å². The van der Waals surface area contributed by atoms with Gasteiger partial charge < -0.3 is 19.4 Å². The van der Waals surface area contributed by atoms with Gasteiger partial charge in [-0.1, -0.05) is 24.6 Å². The molecule has 4 rings (SSSR count). The van der Waals surface area contributed by atoms with Gasteiger partial charge in [-0.3, -0.25) is 14.5 Å². The van der Waals surface area contributed by atoms with Gasteiger partial charge in [0.15, 0.2) is 0 Å². The number of piperidine rings is 2. The molecule has 1 aromatic carbocycles. The highest BCUT2D eigenvalue weighted by molar-refractivity contribution is 6.30. The Kier molecular flexibility index (Phi) is 9.31. The largest absolute Gasteiger partial charge is 0.493 e. The van der Waals surface area contributed by atoms with Crippen LogP contribution in [-0.2, 0) is 9.59 Å². The predicted octanol–water partition coefficient (Wildman–Crippen LogP) is 3.37. The van der Waals surface area contributed by atoms with Crippen LogP contribution in [0.25, 0.3) is 0 Å². The van der Waals surface area contributed by atoms with Gasteiger partial charge in [0.2, 0.25) is 11.8 Å². The van der Waals surface area contributed by atoms with Crippen LogP contribution in [0.15, 0.2) is 24.3 Å². The first-order valence-corrected chi connectivity index (χ1v) is 13.7. The molecule has 0 N–H and O–H groups in total. The third-order valence-corrected chi connectivity index (χ3v) is 8.10. The standard InChI is InChI=1S/C27H41ClN4O3/c1-2-29-14-16-30(17-15-29)20-26(34)32-13-7-10-27(21-32,19-25(33)31-11-4-3-5-12-31)22-35-24-9-6-8-23(28)18-24/h6,8-9,18H,2-5,7,10-17,19-22H2,1H3/t27-/m1/s1. The van der Waals surface area contributed by atoms with E-state index in [0.29, 0.717) is 36.9 Å². The summed E-state index contributed by atoms with van der Waals surface area (Å²) in [6, 6.07) is 7.40. The Bertz CT molecular complexity index is 855. The molecule has 1 atom stereocenters. The average molecular weight is 505 g/mol. The van der Waals surface area contributed by atoms with E-state index in [0.717, 1.165) is 78.0 Å². The van der Waals surface area contributed by atoms with Crippen LogP contribution in [0, 0.1) is 5.41 Å². The van der Waals surface area contributed by atoms with Crippen LogP contribution in [-0.4, -0.2) is 103 Å². The molecule has 3 heterocycles. The highest BCUT2D eigenvalue weighted by atomic mass is 35.5. The fraction of sp³-hybridized carbons (Fsp3) is 0.704. The van der Waals surface area contributed by atoms with Gasteiger partial charge >= 0.3 is 0 Å². The van der Waals surface area contributed by atoms with Gasteiger partial charge in [-0.15, -0.1) is 0 Å². The normalized spacial score (nSPS) is 24.4. The van der Waals surface area contributed by atoms with E-state index in [2.05, 4.69) is 16.7 Å². The molecule has 2 amide bonds. The number of hydrogen-bond donors (Lipinski definition) is 0. The van der Waals surface area contributed by atoms with E-state index in [1.54, 1.807) is 0 Å². The Hall–Kier alpha value is -1.83. The van der Waals surface area contributed by atoms with Crippen LogP contribution < -0.4 is 4.74 Å². The first-order chi connectivity index (χ1) is 17.0. The second-order valence-corrected chi connectivity index (χ2v) is 10.9. The molecule has 0 bridgehead atoms. The van der Waals surface area contributed by atoms with E-state index >= 15 is 0 Å². The molecule has 3 fully saturated rings. The van der Waals surface area contributed by atoms with Crippen molar-refractivity contribution in [1.82, 2.24) is 19.6 Å². The number of likely N-dealkylation sites (tertiary alicyclic amines) is 2. The predicted molar refractivity (Wildman–Crippen MR) is 139 cm³/mol. The lowest BCUT2D eigenvalue weighted by atomic mass is 9.77. The van der Waals surface area contributed by atoms with Crippen molar-refractivity contribution < 1.29 is 14.3 Å². The minimum atomic E-state index is -0.383. The molecule has 3 aliphatic heterocycles. The zero-order chi connectivity index (χ0) is 24.7. The van der Waals surface area contributed by atoms with Gasteiger partial charge in [-0.05, 0) is 56.8 Å². The zero-order valence-corrected chi connectivity index (χ0v) is 22.0. The molecule has 1 aromatic rings. The van der Waals surface area contributed by atoms with Gasteiger partial charge in [-0.2, -0.15) is 0 Å². The van der Waals surface area contributed by atoms with Crippen LogP contribution in [0.3, 0.4) is 0 Å². The summed E-state index contributed by atoms with van der Waals surface area (Å²) in [5.74, 6) is 1.08. The smallest absolute Gasteiger partial charge is 0.236 e. The molecule has 0 unspecified atom stereocenters. The maximum atomic E-state index is 13.3. The quantitative estimate of drug-likeness (QED) is 0.543. The Labute approximate surface area is 215 Å². The average Bonchev–Trinajstić information content (AvgIpc) is 2.89. The van der Waals surface area contributed by atoms with Crippen LogP contribution in [0.4, 0.5) is 0 Å². The summed E-state index contributed by atoms with van der Waals surface area (Å²) in [6.07, 6.45) is 5.54. The maximum Gasteiger partial charge on any atom is 0.236 e. The Morgan fingerprint density at radius 3 is 2.34 bits per heavy atom. The Morgan fingerprint density at radius 2 is 1.63 bits per heavy atom. The fourth-order valence-electron chi connectivity index (χ4n) is 5.66. The molecule has 35 heavy (non-hydrogen) atoms. The summed E-state index contributed by atoms with van der Waals surface area (Å²) >= 11 is 6.16. The fourth-order valence-corrected chi connectivity index (χ4v) is 5.84. The highest BCUT2D eigenvalue weighted by Gasteiger charge is 2.41. The van der Waals surface area contributed by atoms with Crippen molar-refractivity contribution in [3.63, 3.8) is 0 Å². The number of nitrogens with zero attached hydrogens (tertiary/aromatic N) is 4. The number of carbonyl (C=O) groups excluding carboxylic acids is 2. The van der Waals surface area contributed by atoms with Gasteiger partial charge in [0.1, 0.15) is 5.75 Å². The molecule has 8 heteroatoms. The minimum Gasteiger partial charge on any atom is -0.493 e. The van der Waals surface area contributed by atoms with E-state index in [1.165, 1.54) is 6.42 Å². The van der Waals surface area contributed by atoms with Crippen molar-refractivity contribution in [3.05, 3.63) is 29.3 Å². The highest BCUT2D eigenvalue weighted by Crippen LogP contribution is 2.36. The number of ether oxygens (including phenoxy) is 1. The maximum absolute atomic E-state index is 13.3. The molecule has 194 valence electrons. The molecule has 3 aliphatic rings. The van der Waals surface area contributed by atoms with E-state index in [-0.39, 0.29) is 17.2 Å². The monoisotopic (exact) mass is 504 g/mol. The lowest BCUT2D eigenvalue weighted by Gasteiger charge is -2.44. The summed E-state index contributed by atoms with van der Waals surface area (Å²) in [5, 5.41) is 0.629. The van der Waals surface area contributed by atoms with Crippen molar-refractivity contribution >= 4 is 23.4 Å². The summed E-state index contributed by atoms with van der Waals surface area (Å²) in [6.45, 7) is 11.0. The van der Waals surface area contributed by atoms with Crippen molar-refractivity contribution in [1.29, 1.82) is 0 Å². The van der Waals surface area contributed by atoms with Crippen molar-refractivity contribution in [3.8, 4) is 5.75 Å². The summed E-state index contributed by atoms with van der Waals surface area (Å²) in [7, 11) is 0. The first kappa shape index (κ1) is 26.2. The third-order valence-electron chi connectivity index (χ3n) is 7.86. The molecule has 0 aliphatic carbocycles. The van der Waals surface area contributed by atoms with Crippen molar-refractivity contribution in [2.75, 3.05) is 72.1 Å². The number of benzene rings is 1. The third kappa shape index (κ3) is 7.34. The molecule has 3 saturated heterocycles. The second kappa shape index (κ2) is 12.4. The lowest BCUT2D eigenvalue weighted by molar-refractivity contribution is -0.142. The SMILES string of the molecule is CCN1CCN(CC(=O)N2CCC[C@@](COc3cccc(Cl)c3)(CC(=O)N3CCCCC3)C2)CC1. The molecular formula is C27H41ClN4O3. The van der Waals surface area contributed by atoms with E-state index in [9.17, 15) is 9.59 Å². The molecular weight excluding hydrogens is 464 g/mol. The topological polar surface area (TPSA) is 56.3 Å². The molecule has 7 nitrogen and oxygen atoms in total. The lowest BCUT2D eigenvalue weighted by Crippen LogP contribution is -2.54. The number of carbonyl (C=O) groups is 2. The summed E-state index contributed by atoms with van der Waals surface area (Å²) < 4.78 is 6.21. The van der Waals surface area contributed by atoms with Crippen LogP contribution in [0.5, 0.6) is 5.75 Å². The van der Waals surface area contributed by atoms with Crippen LogP contribution >= 0.6 is 11.6 Å². The Morgan fingerprint density at radius 1 is 0.914 bits per heavy atom. The van der Waals surface area contributed by atoms with Gasteiger partial charge in [0.05, 0.1) is 13.2 Å². The molecule has 0 spiro atoms. The van der Waals surface area contributed by atoms with Gasteiger partial charge in [0.25, 0.3) is 0 Å². The number of amides is 2. The van der Waals surface area contributed by atoms with Gasteiger partial charge in [-0.25, -0.2) is 0 Å². The summed E-state index contributed by atoms with van der Waals surface area (Å²) in [4.78, 5) is 35.3. The molecule has 0 aromatic heterocycles. The summed E-state index contributed by atoms with van der Waals surface area (Å²) in [5.41, 5.74) is -0.383. The number of piperazine rings is 1. The zero-order valence-electron chi connectivity index (χ0n) is 21.2. The van der Waals surface area contributed by atoms with Crippen molar-refractivity contribution in [2.24, 2.45) is 5.41 Å². The number of halogens is 1. The molecule has 0 radical (unpaired) electrons. The number of likely N-dealkylation sites (N-methyl/N-ethyl adjacent to an activating group) is 1. The number of rotatable bonds is 8. The van der Waals surface area contributed by atoms with Crippen LogP contribution in [0.2, 0.25) is 5.02 Å². The second-order valence-electron chi connectivity index (χ2n) is 10.5. The molecule has 0 saturated carbocycles. The Balaban J connectivity index is 1.42. The number of hydrogen-bond acceptors (Lipinski definition) is 5. The van der Waals surface area contributed by atoms with E-state index in [4.69, 9.17) is 16.3 Å². The van der Waals surface area contributed by atoms with E-state index < -0.39 is 0 Å².